The number of carbonyl (C=O) groups is 2. The summed E-state index contributed by atoms with van der Waals surface area (Å²) in [6.07, 6.45) is -2.93. The fourth-order valence-electron chi connectivity index (χ4n) is 4.64. The largest absolute Gasteiger partial charge is 0.478 e. The van der Waals surface area contributed by atoms with E-state index in [2.05, 4.69) is 15.5 Å². The molecule has 0 aliphatic carbocycles. The first-order valence-electron chi connectivity index (χ1n) is 12.1. The molecule has 5 N–H and O–H groups in total. The summed E-state index contributed by atoms with van der Waals surface area (Å²) in [5.74, 6) is -4.73. The number of nitrogens with zero attached hydrogens (tertiary/aromatic N) is 3. The summed E-state index contributed by atoms with van der Waals surface area (Å²) in [5, 5.41) is 51.4. The number of amides is 1. The van der Waals surface area contributed by atoms with Gasteiger partial charge in [-0.15, -0.1) is 5.10 Å². The lowest BCUT2D eigenvalue weighted by Gasteiger charge is -2.29. The smallest absolute Gasteiger partial charge is 0.376 e. The van der Waals surface area contributed by atoms with Crippen LogP contribution in [0.3, 0.4) is 0 Å². The predicted molar refractivity (Wildman–Crippen MR) is 142 cm³/mol. The Morgan fingerprint density at radius 2 is 1.71 bits per heavy atom. The lowest BCUT2D eigenvalue weighted by molar-refractivity contribution is -0.304. The van der Waals surface area contributed by atoms with Crippen molar-refractivity contribution in [3.63, 3.8) is 0 Å². The van der Waals surface area contributed by atoms with Crippen molar-refractivity contribution in [3.05, 3.63) is 94.7 Å². The molecule has 2 aromatic heterocycles. The molecule has 5 aromatic rings. The Hall–Kier alpha value is -4.98. The van der Waals surface area contributed by atoms with E-state index >= 15 is 0 Å². The van der Waals surface area contributed by atoms with Gasteiger partial charge >= 0.3 is 12.1 Å². The number of nitrogens with one attached hydrogen (secondary N) is 1. The summed E-state index contributed by atoms with van der Waals surface area (Å²) in [7, 11) is 0. The van der Waals surface area contributed by atoms with Crippen molar-refractivity contribution in [1.82, 2.24) is 10.2 Å². The van der Waals surface area contributed by atoms with E-state index in [0.29, 0.717) is 34.8 Å². The second-order valence-corrected chi connectivity index (χ2v) is 9.36. The highest BCUT2D eigenvalue weighted by atomic mass is 19.1. The fraction of sp³-hybridized carbons (Fsp3) is 0.143. The molecule has 11 nitrogen and oxygen atoms in total. The Kier molecular flexibility index (Phi) is 6.87. The maximum Gasteiger partial charge on any atom is 0.376 e. The zero-order chi connectivity index (χ0) is 29.6. The highest BCUT2D eigenvalue weighted by Gasteiger charge is 2.39. The summed E-state index contributed by atoms with van der Waals surface area (Å²) in [6.45, 7) is 3.56. The number of aromatic nitrogens is 2. The lowest BCUT2D eigenvalue weighted by atomic mass is 10.0. The number of para-hydroxylation sites is 1. The van der Waals surface area contributed by atoms with Gasteiger partial charge in [-0.2, -0.15) is 5.10 Å². The van der Waals surface area contributed by atoms with Crippen LogP contribution in [0.2, 0.25) is 0 Å². The molecular weight excluding hydrogens is 542 g/mol. The van der Waals surface area contributed by atoms with Crippen LogP contribution in [0, 0.1) is 18.6 Å². The van der Waals surface area contributed by atoms with Crippen LogP contribution in [0.1, 0.15) is 44.8 Å². The molecule has 0 bridgehead atoms. The molecule has 2 heterocycles. The SMILES string of the molecule is Cc1cc(C(C)Nc2ccccc2C(=O)O)c2oc3c(N(C(=O)c4cc(F)cc(F)c4)C(O)(O)O)cnnc3c2c1. The average Bonchev–Trinajstić information content (AvgIpc) is 3.26. The number of halogens is 2. The van der Waals surface area contributed by atoms with Crippen LogP contribution in [0.15, 0.2) is 65.2 Å². The van der Waals surface area contributed by atoms with Crippen LogP contribution < -0.4 is 10.2 Å². The number of benzene rings is 3. The molecule has 0 aliphatic rings. The molecule has 210 valence electrons. The van der Waals surface area contributed by atoms with E-state index in [1.807, 2.05) is 0 Å². The predicted octanol–water partition coefficient (Wildman–Crippen LogP) is 4.07. The van der Waals surface area contributed by atoms with Gasteiger partial charge in [0.15, 0.2) is 5.58 Å². The summed E-state index contributed by atoms with van der Waals surface area (Å²) in [6, 6.07) is 11.1. The van der Waals surface area contributed by atoms with Gasteiger partial charge in [-0.25, -0.2) is 18.5 Å². The minimum absolute atomic E-state index is 0.0501. The molecule has 0 saturated carbocycles. The molecule has 41 heavy (non-hydrogen) atoms. The molecule has 1 amide bonds. The number of aliphatic hydroxyl groups is 3. The topological polar surface area (TPSA) is 169 Å². The summed E-state index contributed by atoms with van der Waals surface area (Å²) in [5.41, 5.74) is 0.718. The number of aromatic carboxylic acids is 1. The second-order valence-electron chi connectivity index (χ2n) is 9.36. The van der Waals surface area contributed by atoms with E-state index in [1.165, 1.54) is 6.07 Å². The Morgan fingerprint density at radius 3 is 2.37 bits per heavy atom. The molecule has 3 aromatic carbocycles. The number of furan rings is 1. The van der Waals surface area contributed by atoms with E-state index in [4.69, 9.17) is 4.42 Å². The molecule has 5 rings (SSSR count). The number of carbonyl (C=O) groups excluding carboxylic acids is 1. The molecule has 1 unspecified atom stereocenters. The average molecular weight is 565 g/mol. The number of aryl methyl sites for hydroxylation is 1. The van der Waals surface area contributed by atoms with Crippen molar-refractivity contribution in [3.8, 4) is 0 Å². The van der Waals surface area contributed by atoms with Crippen molar-refractivity contribution >= 4 is 45.3 Å². The number of anilines is 2. The number of carboxylic acids is 1. The Labute approximate surface area is 229 Å². The van der Waals surface area contributed by atoms with Crippen LogP contribution in [-0.2, 0) is 0 Å². The first-order valence-corrected chi connectivity index (χ1v) is 12.1. The third kappa shape index (κ3) is 5.16. The van der Waals surface area contributed by atoms with E-state index in [9.17, 15) is 38.8 Å². The Morgan fingerprint density at radius 1 is 1.02 bits per heavy atom. The number of rotatable bonds is 7. The Bertz CT molecular complexity index is 1810. The van der Waals surface area contributed by atoms with Gasteiger partial charge in [-0.3, -0.25) is 4.79 Å². The van der Waals surface area contributed by atoms with Crippen molar-refractivity contribution in [2.45, 2.75) is 26.0 Å². The van der Waals surface area contributed by atoms with E-state index < -0.39 is 46.9 Å². The molecule has 0 saturated heterocycles. The molecule has 13 heteroatoms. The van der Waals surface area contributed by atoms with E-state index in [1.54, 1.807) is 44.2 Å². The van der Waals surface area contributed by atoms with Gasteiger partial charge in [0.2, 0.25) is 0 Å². The van der Waals surface area contributed by atoms with Crippen LogP contribution in [-0.4, -0.2) is 48.6 Å². The fourth-order valence-corrected chi connectivity index (χ4v) is 4.64. The molecule has 0 aliphatic heterocycles. The maximum atomic E-state index is 13.8. The van der Waals surface area contributed by atoms with Crippen molar-refractivity contribution in [2.75, 3.05) is 10.2 Å². The zero-order valence-corrected chi connectivity index (χ0v) is 21.5. The van der Waals surface area contributed by atoms with Crippen molar-refractivity contribution in [2.24, 2.45) is 0 Å². The molecule has 1 atom stereocenters. The van der Waals surface area contributed by atoms with Crippen molar-refractivity contribution < 1.29 is 43.2 Å². The summed E-state index contributed by atoms with van der Waals surface area (Å²) < 4.78 is 33.8. The first-order chi connectivity index (χ1) is 19.3. The van der Waals surface area contributed by atoms with Gasteiger partial charge in [0, 0.05) is 28.3 Å². The standard InChI is InChI=1S/C28H22F2N4O7/c1-13-7-19(14(2)32-21-6-4-3-5-18(21)27(36)37)24-20(8-13)23-25(41-24)22(12-31-33-23)34(28(38,39)40)26(35)15-9-16(29)11-17(30)10-15/h3-12,14,32,38-40H,1-2H3,(H,36,37). The first kappa shape index (κ1) is 27.6. The number of carboxylic acid groups (broad SMARTS) is 1. The minimum atomic E-state index is -3.84. The maximum absolute atomic E-state index is 13.8. The zero-order valence-electron chi connectivity index (χ0n) is 21.5. The summed E-state index contributed by atoms with van der Waals surface area (Å²) >= 11 is 0. The van der Waals surface area contributed by atoms with Gasteiger partial charge in [0.1, 0.15) is 28.4 Å². The van der Waals surface area contributed by atoms with Crippen LogP contribution in [0.4, 0.5) is 20.2 Å². The van der Waals surface area contributed by atoms with E-state index in [-0.39, 0.29) is 27.1 Å². The quantitative estimate of drug-likeness (QED) is 0.182. The van der Waals surface area contributed by atoms with Gasteiger partial charge in [-0.1, -0.05) is 18.2 Å². The number of hydrogen-bond acceptors (Lipinski definition) is 9. The van der Waals surface area contributed by atoms with Gasteiger partial charge in [0.25, 0.3) is 5.91 Å². The van der Waals surface area contributed by atoms with Crippen LogP contribution in [0.5, 0.6) is 0 Å². The van der Waals surface area contributed by atoms with E-state index in [0.717, 1.165) is 11.8 Å². The normalized spacial score (nSPS) is 12.5. The Balaban J connectivity index is 1.67. The third-order valence-electron chi connectivity index (χ3n) is 6.36. The molecule has 0 radical (unpaired) electrons. The molecular formula is C28H22F2N4O7. The van der Waals surface area contributed by atoms with Crippen LogP contribution >= 0.6 is 0 Å². The van der Waals surface area contributed by atoms with Crippen LogP contribution in [0.25, 0.3) is 22.1 Å². The number of fused-ring (bicyclic) bond motifs is 3. The number of hydrogen-bond donors (Lipinski definition) is 5. The summed E-state index contributed by atoms with van der Waals surface area (Å²) in [4.78, 5) is 25.0. The lowest BCUT2D eigenvalue weighted by Crippen LogP contribution is -2.52. The molecule has 0 fully saturated rings. The minimum Gasteiger partial charge on any atom is -0.478 e. The molecule has 0 spiro atoms. The van der Waals surface area contributed by atoms with Gasteiger partial charge in [-0.05, 0) is 49.7 Å². The third-order valence-corrected chi connectivity index (χ3v) is 6.36. The highest BCUT2D eigenvalue weighted by molar-refractivity contribution is 6.13. The van der Waals surface area contributed by atoms with Gasteiger partial charge in [0.05, 0.1) is 17.8 Å². The highest BCUT2D eigenvalue weighted by Crippen LogP contribution is 2.39. The van der Waals surface area contributed by atoms with Crippen molar-refractivity contribution in [1.29, 1.82) is 0 Å². The van der Waals surface area contributed by atoms with Gasteiger partial charge < -0.3 is 30.2 Å². The monoisotopic (exact) mass is 564 g/mol. The second kappa shape index (κ2) is 10.2.